The number of phenolic OH excluding ortho intramolecular Hbond substituents is 1. The van der Waals surface area contributed by atoms with Crippen molar-refractivity contribution in [3.05, 3.63) is 91.3 Å². The average molecular weight is 539 g/mol. The van der Waals surface area contributed by atoms with Crippen molar-refractivity contribution in [3.8, 4) is 11.5 Å². The molecule has 0 aromatic heterocycles. The van der Waals surface area contributed by atoms with Gasteiger partial charge in [0.05, 0.1) is 16.3 Å². The molecular weight excluding hydrogens is 524 g/mol. The molecule has 0 unspecified atom stereocenters. The van der Waals surface area contributed by atoms with Crippen molar-refractivity contribution in [1.82, 2.24) is 5.43 Å². The van der Waals surface area contributed by atoms with E-state index in [0.29, 0.717) is 26.4 Å². The average Bonchev–Trinajstić information content (AvgIpc) is 2.71. The number of para-hydroxylation sites is 1. The molecule has 3 aromatic carbocycles. The van der Waals surface area contributed by atoms with Crippen LogP contribution in [0, 0.1) is 0 Å². The number of amides is 1. The molecule has 3 rings (SSSR count). The summed E-state index contributed by atoms with van der Waals surface area (Å²) >= 11 is 12.7. The smallest absolute Gasteiger partial charge is 0.275 e. The molecule has 0 atom stereocenters. The van der Waals surface area contributed by atoms with Crippen LogP contribution in [0.3, 0.4) is 0 Å². The van der Waals surface area contributed by atoms with E-state index in [9.17, 15) is 9.90 Å². The Morgan fingerprint density at radius 3 is 2.66 bits per heavy atom. The number of halogens is 3. The van der Waals surface area contributed by atoms with Gasteiger partial charge in [0.1, 0.15) is 18.1 Å². The number of aromatic hydroxyl groups is 1. The molecule has 1 amide bonds. The number of rotatable bonds is 6. The van der Waals surface area contributed by atoms with E-state index in [4.69, 9.17) is 16.3 Å². The van der Waals surface area contributed by atoms with Gasteiger partial charge in [0, 0.05) is 20.6 Å². The Labute approximate surface area is 189 Å². The van der Waals surface area contributed by atoms with E-state index in [1.807, 2.05) is 18.2 Å². The predicted molar refractivity (Wildman–Crippen MR) is 121 cm³/mol. The summed E-state index contributed by atoms with van der Waals surface area (Å²) < 4.78 is 7.06. The summed E-state index contributed by atoms with van der Waals surface area (Å²) in [5, 5.41) is 14.6. The Kier molecular flexibility index (Phi) is 7.30. The summed E-state index contributed by atoms with van der Waals surface area (Å²) in [4.78, 5) is 12.5. The zero-order valence-electron chi connectivity index (χ0n) is 14.9. The molecule has 2 N–H and O–H groups in total. The highest BCUT2D eigenvalue weighted by Crippen LogP contribution is 2.30. The van der Waals surface area contributed by atoms with Crippen LogP contribution in [0.1, 0.15) is 21.5 Å². The van der Waals surface area contributed by atoms with Crippen molar-refractivity contribution in [2.45, 2.75) is 6.61 Å². The molecular formula is C21H15Br2ClN2O3. The van der Waals surface area contributed by atoms with E-state index in [-0.39, 0.29) is 12.4 Å². The van der Waals surface area contributed by atoms with Crippen LogP contribution in [0.2, 0.25) is 5.02 Å². The highest BCUT2D eigenvalue weighted by atomic mass is 79.9. The SMILES string of the molecule is O=C(N/N=C/c1cc(Br)cc(Br)c1O)c1ccccc1OCc1ccccc1Cl. The van der Waals surface area contributed by atoms with Crippen LogP contribution in [0.5, 0.6) is 11.5 Å². The highest BCUT2D eigenvalue weighted by molar-refractivity contribution is 9.11. The van der Waals surface area contributed by atoms with Crippen LogP contribution in [-0.4, -0.2) is 17.2 Å². The first-order valence-electron chi connectivity index (χ1n) is 8.42. The van der Waals surface area contributed by atoms with Gasteiger partial charge in [-0.2, -0.15) is 5.10 Å². The maximum absolute atomic E-state index is 12.5. The fourth-order valence-corrected chi connectivity index (χ4v) is 3.90. The fraction of sp³-hybridized carbons (Fsp3) is 0.0476. The minimum absolute atomic E-state index is 0.0228. The number of hydrogen-bond acceptors (Lipinski definition) is 4. The van der Waals surface area contributed by atoms with Crippen molar-refractivity contribution >= 4 is 55.6 Å². The van der Waals surface area contributed by atoms with Crippen LogP contribution in [0.15, 0.2) is 74.7 Å². The largest absolute Gasteiger partial charge is 0.506 e. The van der Waals surface area contributed by atoms with Crippen molar-refractivity contribution in [3.63, 3.8) is 0 Å². The Morgan fingerprint density at radius 2 is 1.86 bits per heavy atom. The van der Waals surface area contributed by atoms with E-state index in [1.54, 1.807) is 42.5 Å². The van der Waals surface area contributed by atoms with E-state index in [0.717, 1.165) is 10.0 Å². The van der Waals surface area contributed by atoms with Gasteiger partial charge in [0.25, 0.3) is 5.91 Å². The lowest BCUT2D eigenvalue weighted by Gasteiger charge is -2.11. The molecule has 0 radical (unpaired) electrons. The number of ether oxygens (including phenoxy) is 1. The van der Waals surface area contributed by atoms with Gasteiger partial charge >= 0.3 is 0 Å². The van der Waals surface area contributed by atoms with Crippen molar-refractivity contribution in [2.24, 2.45) is 5.10 Å². The molecule has 8 heteroatoms. The van der Waals surface area contributed by atoms with Crippen molar-refractivity contribution in [1.29, 1.82) is 0 Å². The molecule has 3 aromatic rings. The van der Waals surface area contributed by atoms with Gasteiger partial charge in [-0.1, -0.05) is 57.9 Å². The van der Waals surface area contributed by atoms with Gasteiger partial charge < -0.3 is 9.84 Å². The quantitative estimate of drug-likeness (QED) is 0.303. The zero-order chi connectivity index (χ0) is 20.8. The van der Waals surface area contributed by atoms with E-state index in [2.05, 4.69) is 42.4 Å². The van der Waals surface area contributed by atoms with E-state index in [1.165, 1.54) is 6.21 Å². The third-order valence-corrected chi connectivity index (χ3v) is 5.33. The molecule has 0 bridgehead atoms. The summed E-state index contributed by atoms with van der Waals surface area (Å²) in [7, 11) is 0. The number of phenols is 1. The number of benzene rings is 3. The molecule has 0 aliphatic rings. The summed E-state index contributed by atoms with van der Waals surface area (Å²) in [6.45, 7) is 0.229. The molecule has 0 heterocycles. The Hall–Kier alpha value is -2.35. The molecule has 0 fully saturated rings. The lowest BCUT2D eigenvalue weighted by Crippen LogP contribution is -2.18. The second-order valence-corrected chi connectivity index (χ2v) is 8.08. The fourth-order valence-electron chi connectivity index (χ4n) is 2.46. The summed E-state index contributed by atoms with van der Waals surface area (Å²) in [6, 6.07) is 17.6. The third-order valence-electron chi connectivity index (χ3n) is 3.90. The maximum atomic E-state index is 12.5. The van der Waals surface area contributed by atoms with Gasteiger partial charge in [-0.05, 0) is 46.3 Å². The first-order valence-corrected chi connectivity index (χ1v) is 10.4. The van der Waals surface area contributed by atoms with Gasteiger partial charge in [0.2, 0.25) is 0 Å². The minimum Gasteiger partial charge on any atom is -0.506 e. The Balaban J connectivity index is 1.71. The van der Waals surface area contributed by atoms with Gasteiger partial charge in [-0.3, -0.25) is 4.79 Å². The number of nitrogens with zero attached hydrogens (tertiary/aromatic N) is 1. The number of nitrogens with one attached hydrogen (secondary N) is 1. The van der Waals surface area contributed by atoms with Crippen LogP contribution in [0.4, 0.5) is 0 Å². The van der Waals surface area contributed by atoms with Gasteiger partial charge in [-0.25, -0.2) is 5.43 Å². The van der Waals surface area contributed by atoms with E-state index >= 15 is 0 Å². The number of hydrazone groups is 1. The molecule has 0 spiro atoms. The molecule has 148 valence electrons. The topological polar surface area (TPSA) is 70.9 Å². The maximum Gasteiger partial charge on any atom is 0.275 e. The Bertz CT molecular complexity index is 1070. The number of hydrogen-bond donors (Lipinski definition) is 2. The van der Waals surface area contributed by atoms with Crippen LogP contribution >= 0.6 is 43.5 Å². The standard InChI is InChI=1S/C21H15Br2ClN2O3/c22-15-9-14(20(27)17(23)10-15)11-25-26-21(28)16-6-2-4-8-19(16)29-12-13-5-1-3-7-18(13)24/h1-11,27H,12H2,(H,26,28)/b25-11+. The third kappa shape index (κ3) is 5.59. The number of carbonyl (C=O) groups is 1. The number of carbonyl (C=O) groups excluding carboxylic acids is 1. The zero-order valence-corrected chi connectivity index (χ0v) is 18.8. The molecule has 0 aliphatic carbocycles. The molecule has 29 heavy (non-hydrogen) atoms. The summed E-state index contributed by atoms with van der Waals surface area (Å²) in [6.07, 6.45) is 1.36. The summed E-state index contributed by atoms with van der Waals surface area (Å²) in [5.41, 5.74) is 4.03. The highest BCUT2D eigenvalue weighted by Gasteiger charge is 2.12. The van der Waals surface area contributed by atoms with Crippen LogP contribution in [0.25, 0.3) is 0 Å². The van der Waals surface area contributed by atoms with Crippen LogP contribution < -0.4 is 10.2 Å². The second-order valence-electron chi connectivity index (χ2n) is 5.90. The first-order chi connectivity index (χ1) is 14.0. The van der Waals surface area contributed by atoms with Gasteiger partial charge in [-0.15, -0.1) is 0 Å². The predicted octanol–water partition coefficient (Wildman–Crippen LogP) is 5.91. The summed E-state index contributed by atoms with van der Waals surface area (Å²) in [5.74, 6) is -0.00704. The first kappa shape index (κ1) is 21.4. The van der Waals surface area contributed by atoms with Crippen LogP contribution in [-0.2, 0) is 6.61 Å². The van der Waals surface area contributed by atoms with E-state index < -0.39 is 5.91 Å². The molecule has 0 saturated heterocycles. The monoisotopic (exact) mass is 536 g/mol. The minimum atomic E-state index is -0.440. The van der Waals surface area contributed by atoms with Crippen molar-refractivity contribution < 1.29 is 14.6 Å². The Morgan fingerprint density at radius 1 is 1.14 bits per heavy atom. The van der Waals surface area contributed by atoms with Crippen molar-refractivity contribution in [2.75, 3.05) is 0 Å². The molecule has 5 nitrogen and oxygen atoms in total. The lowest BCUT2D eigenvalue weighted by molar-refractivity contribution is 0.0950. The molecule has 0 saturated carbocycles. The van der Waals surface area contributed by atoms with Gasteiger partial charge in [0.15, 0.2) is 0 Å². The second kappa shape index (κ2) is 9.91. The lowest BCUT2D eigenvalue weighted by atomic mass is 10.2. The normalized spacial score (nSPS) is 10.9. The molecule has 0 aliphatic heterocycles.